The van der Waals surface area contributed by atoms with E-state index in [9.17, 15) is 14.7 Å². The highest BCUT2D eigenvalue weighted by atomic mass is 35.5. The minimum absolute atomic E-state index is 0.162. The van der Waals surface area contributed by atoms with E-state index >= 15 is 0 Å². The summed E-state index contributed by atoms with van der Waals surface area (Å²) >= 11 is 6.47. The quantitative estimate of drug-likeness (QED) is 0.597. The molecule has 0 bridgehead atoms. The Morgan fingerprint density at radius 2 is 1.76 bits per heavy atom. The van der Waals surface area contributed by atoms with Gasteiger partial charge in [-0.05, 0) is 42.2 Å². The van der Waals surface area contributed by atoms with Gasteiger partial charge in [0.2, 0.25) is 0 Å². The molecular formula is C25H25ClN2O5. The Balaban J connectivity index is 1.44. The van der Waals surface area contributed by atoms with Crippen LogP contribution in [0.5, 0.6) is 0 Å². The largest absolute Gasteiger partial charge is 0.481 e. The third kappa shape index (κ3) is 3.34. The number of ether oxygens (including phenoxy) is 2. The van der Waals surface area contributed by atoms with Gasteiger partial charge in [0.25, 0.3) is 5.91 Å². The number of aliphatic carboxylic acids is 1. The van der Waals surface area contributed by atoms with Gasteiger partial charge in [0.15, 0.2) is 0 Å². The fourth-order valence-corrected chi connectivity index (χ4v) is 5.01. The number of amides is 1. The fourth-order valence-electron chi connectivity index (χ4n) is 4.79. The Bertz CT molecular complexity index is 1250. The number of fused-ring (bicyclic) bond motifs is 1. The van der Waals surface area contributed by atoms with E-state index in [1.807, 2.05) is 61.0 Å². The first-order chi connectivity index (χ1) is 15.8. The normalized spacial score (nSPS) is 21.7. The van der Waals surface area contributed by atoms with Crippen LogP contribution in [-0.2, 0) is 32.3 Å². The van der Waals surface area contributed by atoms with Gasteiger partial charge in [-0.2, -0.15) is 0 Å². The Kier molecular flexibility index (Phi) is 5.23. The maximum absolute atomic E-state index is 13.3. The van der Waals surface area contributed by atoms with E-state index in [-0.39, 0.29) is 12.5 Å². The van der Waals surface area contributed by atoms with Crippen molar-refractivity contribution in [2.24, 2.45) is 7.05 Å². The lowest BCUT2D eigenvalue weighted by atomic mass is 9.78. The van der Waals surface area contributed by atoms with Crippen LogP contribution in [-0.4, -0.2) is 48.0 Å². The van der Waals surface area contributed by atoms with E-state index in [0.29, 0.717) is 42.5 Å². The van der Waals surface area contributed by atoms with Crippen molar-refractivity contribution in [1.29, 1.82) is 0 Å². The summed E-state index contributed by atoms with van der Waals surface area (Å²) in [5.41, 5.74) is 2.23. The van der Waals surface area contributed by atoms with E-state index in [4.69, 9.17) is 21.1 Å². The lowest BCUT2D eigenvalue weighted by Gasteiger charge is -2.42. The van der Waals surface area contributed by atoms with Gasteiger partial charge in [-0.15, -0.1) is 0 Å². The summed E-state index contributed by atoms with van der Waals surface area (Å²) in [6.07, 6.45) is 0.440. The van der Waals surface area contributed by atoms with E-state index in [2.05, 4.69) is 5.32 Å². The number of aromatic nitrogens is 1. The summed E-state index contributed by atoms with van der Waals surface area (Å²) in [6.45, 7) is 3.21. The Morgan fingerprint density at radius 3 is 2.33 bits per heavy atom. The topological polar surface area (TPSA) is 89.8 Å². The number of carboxylic acids is 1. The predicted octanol–water partition coefficient (Wildman–Crippen LogP) is 3.54. The fraction of sp³-hybridized carbons (Fsp3) is 0.360. The monoisotopic (exact) mass is 468 g/mol. The number of aryl methyl sites for hydroxylation is 2. The molecule has 0 radical (unpaired) electrons. The molecule has 7 nitrogen and oxygen atoms in total. The summed E-state index contributed by atoms with van der Waals surface area (Å²) in [5.74, 6) is -1.10. The molecule has 1 unspecified atom stereocenters. The molecular weight excluding hydrogens is 444 g/mol. The van der Waals surface area contributed by atoms with Crippen LogP contribution in [0.2, 0.25) is 5.02 Å². The molecule has 1 aromatic heterocycles. The van der Waals surface area contributed by atoms with E-state index in [1.54, 1.807) is 0 Å². The number of benzene rings is 2. The molecule has 1 amide bonds. The molecule has 172 valence electrons. The maximum Gasteiger partial charge on any atom is 0.316 e. The number of hydrogen-bond acceptors (Lipinski definition) is 4. The summed E-state index contributed by atoms with van der Waals surface area (Å²) < 4.78 is 12.7. The van der Waals surface area contributed by atoms with Crippen molar-refractivity contribution in [2.45, 2.75) is 24.3 Å². The van der Waals surface area contributed by atoms with Crippen molar-refractivity contribution in [3.63, 3.8) is 0 Å². The van der Waals surface area contributed by atoms with Crippen molar-refractivity contribution < 1.29 is 24.2 Å². The maximum atomic E-state index is 13.3. The predicted molar refractivity (Wildman–Crippen MR) is 124 cm³/mol. The molecule has 0 spiro atoms. The molecule has 2 aliphatic heterocycles. The summed E-state index contributed by atoms with van der Waals surface area (Å²) in [5, 5.41) is 14.4. The summed E-state index contributed by atoms with van der Waals surface area (Å²) in [6, 6.07) is 13.1. The zero-order valence-electron chi connectivity index (χ0n) is 18.5. The number of rotatable bonds is 5. The van der Waals surface area contributed by atoms with Gasteiger partial charge in [0.05, 0.1) is 24.8 Å². The molecule has 2 N–H and O–H groups in total. The number of nitrogens with zero attached hydrogens (tertiary/aromatic N) is 1. The molecule has 8 heteroatoms. The number of hydrogen-bond donors (Lipinski definition) is 2. The smallest absolute Gasteiger partial charge is 0.316 e. The summed E-state index contributed by atoms with van der Waals surface area (Å²) in [7, 11) is 1.84. The van der Waals surface area contributed by atoms with Gasteiger partial charge in [0.1, 0.15) is 16.6 Å². The van der Waals surface area contributed by atoms with Crippen LogP contribution in [0.3, 0.4) is 0 Å². The molecule has 2 aromatic carbocycles. The highest BCUT2D eigenvalue weighted by molar-refractivity contribution is 6.36. The molecule has 3 aromatic rings. The van der Waals surface area contributed by atoms with E-state index in [1.165, 1.54) is 0 Å². The van der Waals surface area contributed by atoms with Gasteiger partial charge < -0.3 is 24.5 Å². The molecule has 2 fully saturated rings. The van der Waals surface area contributed by atoms with Crippen LogP contribution in [0, 0.1) is 6.92 Å². The highest BCUT2D eigenvalue weighted by Gasteiger charge is 2.46. The third-order valence-corrected chi connectivity index (χ3v) is 7.56. The Hall–Kier alpha value is -2.87. The van der Waals surface area contributed by atoms with Gasteiger partial charge >= 0.3 is 5.97 Å². The Morgan fingerprint density at radius 1 is 1.06 bits per heavy atom. The van der Waals surface area contributed by atoms with Crippen LogP contribution >= 0.6 is 11.6 Å². The van der Waals surface area contributed by atoms with Crippen LogP contribution in [0.4, 0.5) is 0 Å². The van der Waals surface area contributed by atoms with Crippen LogP contribution < -0.4 is 5.32 Å². The number of carboxylic acid groups (broad SMARTS) is 1. The average Bonchev–Trinajstić information content (AvgIpc) is 3.40. The number of carbonyl (C=O) groups excluding carboxylic acids is 1. The van der Waals surface area contributed by atoms with Crippen LogP contribution in [0.25, 0.3) is 10.9 Å². The molecule has 0 saturated carbocycles. The lowest BCUT2D eigenvalue weighted by molar-refractivity contribution is -0.143. The SMILES string of the molecule is Cc1ccc2c(cc(C(=O)NC3(c4ccc(C5(C(=O)O)CCOC5)cc4)COC3)n2C)c1Cl. The molecule has 3 heterocycles. The standard InChI is InChI=1S/C25H25ClN2O5/c1-15-3-8-19-18(21(15)26)11-20(28(19)2)22(29)27-25(13-33-14-25)17-6-4-16(5-7-17)24(23(30)31)9-10-32-12-24/h3-8,11H,9-10,12-14H2,1-2H3,(H,27,29)(H,30,31). The molecule has 1 atom stereocenters. The molecule has 0 aliphatic carbocycles. The minimum atomic E-state index is -1.02. The van der Waals surface area contributed by atoms with Crippen molar-refractivity contribution in [1.82, 2.24) is 9.88 Å². The lowest BCUT2D eigenvalue weighted by Crippen LogP contribution is -2.59. The van der Waals surface area contributed by atoms with Crippen LogP contribution in [0.1, 0.15) is 33.6 Å². The second-order valence-electron chi connectivity index (χ2n) is 9.01. The number of carbonyl (C=O) groups is 2. The second kappa shape index (κ2) is 7.87. The average molecular weight is 469 g/mol. The van der Waals surface area contributed by atoms with Crippen molar-refractivity contribution in [2.75, 3.05) is 26.4 Å². The molecule has 2 aliphatic rings. The first-order valence-electron chi connectivity index (χ1n) is 10.8. The first kappa shape index (κ1) is 21.9. The van der Waals surface area contributed by atoms with Gasteiger partial charge in [-0.3, -0.25) is 9.59 Å². The second-order valence-corrected chi connectivity index (χ2v) is 9.39. The van der Waals surface area contributed by atoms with E-state index in [0.717, 1.165) is 22.0 Å². The first-order valence-corrected chi connectivity index (χ1v) is 11.2. The van der Waals surface area contributed by atoms with Gasteiger partial charge in [-0.1, -0.05) is 41.9 Å². The third-order valence-electron chi connectivity index (χ3n) is 7.06. The van der Waals surface area contributed by atoms with Crippen molar-refractivity contribution in [3.8, 4) is 0 Å². The summed E-state index contributed by atoms with van der Waals surface area (Å²) in [4.78, 5) is 25.3. The van der Waals surface area contributed by atoms with Crippen molar-refractivity contribution >= 4 is 34.4 Å². The number of nitrogens with one attached hydrogen (secondary N) is 1. The zero-order valence-corrected chi connectivity index (χ0v) is 19.2. The van der Waals surface area contributed by atoms with Gasteiger partial charge in [0, 0.05) is 24.6 Å². The molecule has 2 saturated heterocycles. The molecule has 5 rings (SSSR count). The van der Waals surface area contributed by atoms with Crippen molar-refractivity contribution in [3.05, 3.63) is 69.9 Å². The highest BCUT2D eigenvalue weighted by Crippen LogP contribution is 2.37. The Labute approximate surface area is 196 Å². The van der Waals surface area contributed by atoms with Gasteiger partial charge in [-0.25, -0.2) is 0 Å². The number of halogens is 1. The van der Waals surface area contributed by atoms with Crippen LogP contribution in [0.15, 0.2) is 42.5 Å². The molecule has 33 heavy (non-hydrogen) atoms. The van der Waals surface area contributed by atoms with E-state index < -0.39 is 16.9 Å². The minimum Gasteiger partial charge on any atom is -0.481 e. The zero-order chi connectivity index (χ0) is 23.4.